The molecule has 1 amide bonds. The summed E-state index contributed by atoms with van der Waals surface area (Å²) >= 11 is 5.21. The summed E-state index contributed by atoms with van der Waals surface area (Å²) in [6.45, 7) is 7.19. The van der Waals surface area contributed by atoms with Crippen molar-refractivity contribution in [1.29, 1.82) is 0 Å². The van der Waals surface area contributed by atoms with Crippen molar-refractivity contribution < 1.29 is 14.3 Å². The minimum atomic E-state index is -0.487. The lowest BCUT2D eigenvalue weighted by Gasteiger charge is -2.46. The number of nitrogens with one attached hydrogen (secondary N) is 1. The van der Waals surface area contributed by atoms with E-state index in [0.717, 1.165) is 0 Å². The third-order valence-corrected chi connectivity index (χ3v) is 3.15. The largest absolute Gasteiger partial charge is 0.444 e. The van der Waals surface area contributed by atoms with E-state index in [9.17, 15) is 4.79 Å². The zero-order valence-electron chi connectivity index (χ0n) is 10.4. The van der Waals surface area contributed by atoms with Gasteiger partial charge in [-0.1, -0.05) is 12.2 Å². The first kappa shape index (κ1) is 12.6. The first-order valence-corrected chi connectivity index (χ1v) is 6.16. The van der Waals surface area contributed by atoms with Crippen LogP contribution < -0.4 is 5.32 Å². The van der Waals surface area contributed by atoms with E-state index < -0.39 is 5.60 Å². The van der Waals surface area contributed by atoms with Crippen molar-refractivity contribution in [3.05, 3.63) is 0 Å². The molecule has 0 aromatic rings. The minimum absolute atomic E-state index is 0.00954. The maximum atomic E-state index is 12.1. The lowest BCUT2D eigenvalue weighted by molar-refractivity contribution is -0.0495. The number of piperazine rings is 1. The summed E-state index contributed by atoms with van der Waals surface area (Å²) in [7, 11) is 0. The quantitative estimate of drug-likeness (QED) is 0.655. The maximum absolute atomic E-state index is 12.1. The van der Waals surface area contributed by atoms with Crippen LogP contribution in [-0.2, 0) is 9.47 Å². The van der Waals surface area contributed by atoms with Crippen LogP contribution >= 0.6 is 12.2 Å². The van der Waals surface area contributed by atoms with E-state index in [0.29, 0.717) is 24.7 Å². The van der Waals surface area contributed by atoms with Crippen LogP contribution in [0.5, 0.6) is 0 Å². The number of thiocarbonyl (C=S) groups is 1. The fourth-order valence-corrected chi connectivity index (χ4v) is 2.28. The van der Waals surface area contributed by atoms with Gasteiger partial charge in [-0.25, -0.2) is 4.79 Å². The van der Waals surface area contributed by atoms with Crippen LogP contribution in [-0.4, -0.2) is 53.4 Å². The lowest BCUT2D eigenvalue weighted by Crippen LogP contribution is -2.67. The standard InChI is InChI=1S/C11H18N2O3S/c1-11(2,3)16-10(14)13-7-4-12-9(17)8(13)6-15-5-7/h7-8H,4-6H2,1-3H3,(H,12,17). The van der Waals surface area contributed by atoms with Crippen molar-refractivity contribution >= 4 is 23.3 Å². The Bertz CT molecular complexity index is 340. The molecule has 2 saturated heterocycles. The van der Waals surface area contributed by atoms with Gasteiger partial charge in [0.15, 0.2) is 0 Å². The van der Waals surface area contributed by atoms with Crippen LogP contribution in [0, 0.1) is 0 Å². The van der Waals surface area contributed by atoms with Gasteiger partial charge in [-0.2, -0.15) is 0 Å². The van der Waals surface area contributed by atoms with E-state index in [4.69, 9.17) is 21.7 Å². The van der Waals surface area contributed by atoms with Crippen molar-refractivity contribution in [2.24, 2.45) is 0 Å². The summed E-state index contributed by atoms with van der Waals surface area (Å²) in [6.07, 6.45) is -0.306. The van der Waals surface area contributed by atoms with Crippen LogP contribution in [0.3, 0.4) is 0 Å². The minimum Gasteiger partial charge on any atom is -0.444 e. The van der Waals surface area contributed by atoms with Crippen LogP contribution in [0.4, 0.5) is 4.79 Å². The third-order valence-electron chi connectivity index (χ3n) is 2.73. The molecule has 0 radical (unpaired) electrons. The summed E-state index contributed by atoms with van der Waals surface area (Å²) in [5.41, 5.74) is -0.487. The second kappa shape index (κ2) is 4.42. The molecule has 6 heteroatoms. The Morgan fingerprint density at radius 1 is 1.53 bits per heavy atom. The third kappa shape index (κ3) is 2.69. The van der Waals surface area contributed by atoms with Gasteiger partial charge < -0.3 is 14.8 Å². The second-order valence-corrected chi connectivity index (χ2v) is 5.78. The molecule has 2 bridgehead atoms. The molecule has 2 aliphatic heterocycles. The van der Waals surface area contributed by atoms with E-state index in [1.807, 2.05) is 20.8 Å². The molecule has 2 atom stereocenters. The maximum Gasteiger partial charge on any atom is 0.411 e. The van der Waals surface area contributed by atoms with Crippen molar-refractivity contribution in [3.8, 4) is 0 Å². The van der Waals surface area contributed by atoms with Crippen LogP contribution in [0.15, 0.2) is 0 Å². The number of amides is 1. The number of morpholine rings is 1. The molecule has 2 aliphatic rings. The molecule has 5 nitrogen and oxygen atoms in total. The van der Waals surface area contributed by atoms with Crippen LogP contribution in [0.25, 0.3) is 0 Å². The Kier molecular flexibility index (Phi) is 3.27. The average Bonchev–Trinajstić information content (AvgIpc) is 2.21. The number of carbonyl (C=O) groups excluding carboxylic acids is 1. The second-order valence-electron chi connectivity index (χ2n) is 5.34. The van der Waals surface area contributed by atoms with Gasteiger partial charge in [-0.05, 0) is 20.8 Å². The predicted octanol–water partition coefficient (Wildman–Crippen LogP) is 0.921. The first-order chi connectivity index (χ1) is 7.88. The molecule has 1 N–H and O–H groups in total. The Labute approximate surface area is 106 Å². The highest BCUT2D eigenvalue weighted by atomic mass is 32.1. The smallest absolute Gasteiger partial charge is 0.411 e. The summed E-state index contributed by atoms with van der Waals surface area (Å²) in [5, 5.41) is 3.13. The van der Waals surface area contributed by atoms with E-state index >= 15 is 0 Å². The van der Waals surface area contributed by atoms with E-state index in [1.54, 1.807) is 4.90 Å². The van der Waals surface area contributed by atoms with E-state index in [2.05, 4.69) is 5.32 Å². The first-order valence-electron chi connectivity index (χ1n) is 5.75. The number of nitrogens with zero attached hydrogens (tertiary/aromatic N) is 1. The van der Waals surface area contributed by atoms with Crippen molar-refractivity contribution in [1.82, 2.24) is 10.2 Å². The number of fused-ring (bicyclic) bond motifs is 2. The molecular weight excluding hydrogens is 240 g/mol. The Hall–Kier alpha value is -0.880. The fourth-order valence-electron chi connectivity index (χ4n) is 2.02. The van der Waals surface area contributed by atoms with Gasteiger partial charge in [0.05, 0.1) is 19.3 Å². The normalized spacial score (nSPS) is 28.6. The Morgan fingerprint density at radius 2 is 2.24 bits per heavy atom. The number of rotatable bonds is 0. The summed E-state index contributed by atoms with van der Waals surface area (Å²) in [4.78, 5) is 14.5. The molecule has 0 spiro atoms. The van der Waals surface area contributed by atoms with Crippen molar-refractivity contribution in [3.63, 3.8) is 0 Å². The molecule has 0 saturated carbocycles. The number of carbonyl (C=O) groups is 1. The highest BCUT2D eigenvalue weighted by Gasteiger charge is 2.42. The Morgan fingerprint density at radius 3 is 2.88 bits per heavy atom. The van der Waals surface area contributed by atoms with E-state index in [-0.39, 0.29) is 18.2 Å². The number of ether oxygens (including phenoxy) is 2. The predicted molar refractivity (Wildman–Crippen MR) is 67.1 cm³/mol. The molecule has 96 valence electrons. The molecule has 2 heterocycles. The summed E-state index contributed by atoms with van der Waals surface area (Å²) < 4.78 is 10.8. The highest BCUT2D eigenvalue weighted by Crippen LogP contribution is 2.21. The van der Waals surface area contributed by atoms with Gasteiger partial charge in [-0.3, -0.25) is 4.90 Å². The molecule has 17 heavy (non-hydrogen) atoms. The van der Waals surface area contributed by atoms with Gasteiger partial charge in [-0.15, -0.1) is 0 Å². The van der Waals surface area contributed by atoms with Crippen molar-refractivity contribution in [2.75, 3.05) is 19.8 Å². The zero-order chi connectivity index (χ0) is 12.6. The molecule has 2 rings (SSSR count). The van der Waals surface area contributed by atoms with Gasteiger partial charge in [0, 0.05) is 6.54 Å². The number of hydrogen-bond acceptors (Lipinski definition) is 4. The monoisotopic (exact) mass is 258 g/mol. The average molecular weight is 258 g/mol. The zero-order valence-corrected chi connectivity index (χ0v) is 11.2. The molecular formula is C11H18N2O3S. The molecule has 2 fully saturated rings. The molecule has 2 unspecified atom stereocenters. The fraction of sp³-hybridized carbons (Fsp3) is 0.818. The van der Waals surface area contributed by atoms with Gasteiger partial charge in [0.1, 0.15) is 16.6 Å². The Balaban J connectivity index is 2.13. The highest BCUT2D eigenvalue weighted by molar-refractivity contribution is 7.80. The summed E-state index contributed by atoms with van der Waals surface area (Å²) in [5.74, 6) is 0. The van der Waals surface area contributed by atoms with Gasteiger partial charge in [0.2, 0.25) is 0 Å². The lowest BCUT2D eigenvalue weighted by atomic mass is 10.1. The summed E-state index contributed by atoms with van der Waals surface area (Å²) in [6, 6.07) is -0.178. The topological polar surface area (TPSA) is 50.8 Å². The van der Waals surface area contributed by atoms with Crippen molar-refractivity contribution in [2.45, 2.75) is 38.5 Å². The van der Waals surface area contributed by atoms with Gasteiger partial charge >= 0.3 is 6.09 Å². The van der Waals surface area contributed by atoms with Crippen LogP contribution in [0.1, 0.15) is 20.8 Å². The van der Waals surface area contributed by atoms with Crippen LogP contribution in [0.2, 0.25) is 0 Å². The molecule has 0 aliphatic carbocycles. The molecule has 0 aromatic carbocycles. The number of hydrogen-bond donors (Lipinski definition) is 1. The van der Waals surface area contributed by atoms with E-state index in [1.165, 1.54) is 0 Å². The molecule has 0 aromatic heterocycles. The SMILES string of the molecule is CC(C)(C)OC(=O)N1C2CNC(=S)C1COC2. The van der Waals surface area contributed by atoms with Gasteiger partial charge in [0.25, 0.3) is 0 Å².